The van der Waals surface area contributed by atoms with Crippen LogP contribution in [0.2, 0.25) is 5.02 Å². The van der Waals surface area contributed by atoms with Crippen LogP contribution in [0.25, 0.3) is 11.3 Å². The zero-order valence-corrected chi connectivity index (χ0v) is 27.1. The number of halogens is 4. The summed E-state index contributed by atoms with van der Waals surface area (Å²) in [7, 11) is -4.23. The summed E-state index contributed by atoms with van der Waals surface area (Å²) in [5, 5.41) is -0.463. The fourth-order valence-corrected chi connectivity index (χ4v) is 6.76. The van der Waals surface area contributed by atoms with Gasteiger partial charge in [-0.05, 0) is 87.4 Å². The van der Waals surface area contributed by atoms with Gasteiger partial charge in [0.2, 0.25) is 0 Å². The van der Waals surface area contributed by atoms with E-state index in [4.69, 9.17) is 15.8 Å². The Morgan fingerprint density at radius 3 is 2.30 bits per heavy atom. The van der Waals surface area contributed by atoms with Gasteiger partial charge in [0.15, 0.2) is 0 Å². The van der Waals surface area contributed by atoms with Gasteiger partial charge in [-0.3, -0.25) is 9.59 Å². The quantitative estimate of drug-likeness (QED) is 0.177. The van der Waals surface area contributed by atoms with Crippen molar-refractivity contribution in [1.29, 1.82) is 0 Å². The van der Waals surface area contributed by atoms with Crippen molar-refractivity contribution >= 4 is 33.5 Å². The van der Waals surface area contributed by atoms with Crippen molar-refractivity contribution in [3.8, 4) is 17.0 Å². The molecule has 0 radical (unpaired) electrons. The van der Waals surface area contributed by atoms with Gasteiger partial charge in [-0.25, -0.2) is 4.98 Å². The molecular weight excluding hydrogens is 657 g/mol. The molecular formula is C33H32ClF3N4O5S. The second-order valence-electron chi connectivity index (χ2n) is 11.0. The van der Waals surface area contributed by atoms with Crippen LogP contribution in [0.15, 0.2) is 84.1 Å². The molecule has 2 amide bonds. The van der Waals surface area contributed by atoms with Crippen LogP contribution in [-0.2, 0) is 16.3 Å². The zero-order valence-electron chi connectivity index (χ0n) is 25.6. The molecule has 1 fully saturated rings. The molecule has 14 heteroatoms. The Labute approximate surface area is 275 Å². The molecule has 0 aliphatic carbocycles. The lowest BCUT2D eigenvalue weighted by molar-refractivity contribution is -0.137. The number of carbonyl (C=O) groups is 2. The number of aromatic nitrogens is 2. The molecule has 1 saturated heterocycles. The maximum atomic E-state index is 13.3. The standard InChI is InChI=1S/C33H32ClF3N4O5S/c1-3-39(4-2)31(42)23-6-5-7-27(18-23)47(44,45)46-26-11-8-22(9-12-26)30-20-38-21-41(30)25-14-16-40(17-15-25)32(43)24-10-13-29(34)28(19-24)33(35,36)37/h5-13,18-21,25H,3-4,14-17H2,1-2H3. The topological polar surface area (TPSA) is 102 Å². The third-order valence-electron chi connectivity index (χ3n) is 8.11. The van der Waals surface area contributed by atoms with Gasteiger partial charge in [-0.2, -0.15) is 21.6 Å². The highest BCUT2D eigenvalue weighted by Crippen LogP contribution is 2.36. The van der Waals surface area contributed by atoms with E-state index in [0.717, 1.165) is 23.4 Å². The van der Waals surface area contributed by atoms with Crippen LogP contribution in [0.3, 0.4) is 0 Å². The number of alkyl halides is 3. The molecule has 5 rings (SSSR count). The Morgan fingerprint density at radius 2 is 1.66 bits per heavy atom. The number of rotatable bonds is 9. The van der Waals surface area contributed by atoms with Crippen molar-refractivity contribution in [1.82, 2.24) is 19.4 Å². The van der Waals surface area contributed by atoms with Gasteiger partial charge in [-0.1, -0.05) is 17.7 Å². The summed E-state index contributed by atoms with van der Waals surface area (Å²) >= 11 is 5.71. The van der Waals surface area contributed by atoms with E-state index in [0.29, 0.717) is 39.0 Å². The molecule has 1 aliphatic heterocycles. The Kier molecular flexibility index (Phi) is 9.97. The number of piperidine rings is 1. The fourth-order valence-electron chi connectivity index (χ4n) is 5.56. The van der Waals surface area contributed by atoms with Crippen molar-refractivity contribution in [3.63, 3.8) is 0 Å². The minimum Gasteiger partial charge on any atom is -0.379 e. The minimum absolute atomic E-state index is 0.0323. The number of likely N-dealkylation sites (tertiary alicyclic amines) is 1. The molecule has 0 bridgehead atoms. The van der Waals surface area contributed by atoms with Crippen molar-refractivity contribution in [2.24, 2.45) is 0 Å². The first-order valence-corrected chi connectivity index (χ1v) is 16.7. The number of hydrogen-bond donors (Lipinski definition) is 0. The summed E-state index contributed by atoms with van der Waals surface area (Å²) in [6.45, 7) is 5.34. The highest BCUT2D eigenvalue weighted by molar-refractivity contribution is 7.87. The van der Waals surface area contributed by atoms with Crippen LogP contribution in [0.4, 0.5) is 13.2 Å². The first-order chi connectivity index (χ1) is 22.3. The number of imidazole rings is 1. The van der Waals surface area contributed by atoms with E-state index in [1.165, 1.54) is 41.3 Å². The number of hydrogen-bond acceptors (Lipinski definition) is 6. The smallest absolute Gasteiger partial charge is 0.379 e. The van der Waals surface area contributed by atoms with Crippen LogP contribution in [-0.4, -0.2) is 65.8 Å². The molecule has 3 aromatic carbocycles. The van der Waals surface area contributed by atoms with Gasteiger partial charge < -0.3 is 18.6 Å². The predicted molar refractivity (Wildman–Crippen MR) is 170 cm³/mol. The largest absolute Gasteiger partial charge is 0.417 e. The second-order valence-corrected chi connectivity index (χ2v) is 12.9. The molecule has 47 heavy (non-hydrogen) atoms. The lowest BCUT2D eigenvalue weighted by atomic mass is 10.0. The summed E-state index contributed by atoms with van der Waals surface area (Å²) in [6.07, 6.45) is -0.230. The van der Waals surface area contributed by atoms with Crippen LogP contribution >= 0.6 is 11.6 Å². The van der Waals surface area contributed by atoms with Crippen LogP contribution in [0.1, 0.15) is 59.0 Å². The maximum Gasteiger partial charge on any atom is 0.417 e. The van der Waals surface area contributed by atoms with E-state index in [1.54, 1.807) is 35.6 Å². The van der Waals surface area contributed by atoms with Gasteiger partial charge >= 0.3 is 16.3 Å². The van der Waals surface area contributed by atoms with E-state index in [9.17, 15) is 31.2 Å². The number of carbonyl (C=O) groups excluding carboxylic acids is 2. The Bertz CT molecular complexity index is 1870. The first-order valence-electron chi connectivity index (χ1n) is 14.9. The summed E-state index contributed by atoms with van der Waals surface area (Å²) in [5.41, 5.74) is 0.637. The maximum absolute atomic E-state index is 13.3. The number of nitrogens with zero attached hydrogens (tertiary/aromatic N) is 4. The third kappa shape index (κ3) is 7.46. The SMILES string of the molecule is CCN(CC)C(=O)c1cccc(S(=O)(=O)Oc2ccc(-c3cncn3C3CCN(C(=O)c4ccc(Cl)c(C(F)(F)F)c4)CC3)cc2)c1. The molecule has 2 heterocycles. The lowest BCUT2D eigenvalue weighted by Gasteiger charge is -2.33. The molecule has 1 aliphatic rings. The average molecular weight is 689 g/mol. The third-order valence-corrected chi connectivity index (χ3v) is 9.68. The summed E-state index contributed by atoms with van der Waals surface area (Å²) in [5.74, 6) is -0.682. The molecule has 4 aromatic rings. The van der Waals surface area contributed by atoms with Crippen LogP contribution < -0.4 is 4.18 Å². The molecule has 9 nitrogen and oxygen atoms in total. The van der Waals surface area contributed by atoms with E-state index >= 15 is 0 Å². The van der Waals surface area contributed by atoms with Crippen LogP contribution in [0, 0.1) is 0 Å². The first kappa shape index (κ1) is 34.0. The monoisotopic (exact) mass is 688 g/mol. The number of amides is 2. The predicted octanol–water partition coefficient (Wildman–Crippen LogP) is 6.95. The highest BCUT2D eigenvalue weighted by Gasteiger charge is 2.35. The molecule has 248 valence electrons. The number of benzene rings is 3. The average Bonchev–Trinajstić information content (AvgIpc) is 3.55. The summed E-state index contributed by atoms with van der Waals surface area (Å²) in [4.78, 5) is 33.0. The normalized spacial score (nSPS) is 14.2. The van der Waals surface area contributed by atoms with E-state index in [-0.39, 0.29) is 33.7 Å². The highest BCUT2D eigenvalue weighted by atomic mass is 35.5. The molecule has 0 unspecified atom stereocenters. The van der Waals surface area contributed by atoms with Crippen molar-refractivity contribution in [2.75, 3.05) is 26.2 Å². The molecule has 1 aromatic heterocycles. The van der Waals surface area contributed by atoms with Gasteiger partial charge in [0.1, 0.15) is 10.6 Å². The van der Waals surface area contributed by atoms with Crippen LogP contribution in [0.5, 0.6) is 5.75 Å². The second kappa shape index (κ2) is 13.8. The van der Waals surface area contributed by atoms with E-state index < -0.39 is 32.8 Å². The Balaban J connectivity index is 1.25. The Morgan fingerprint density at radius 1 is 0.979 bits per heavy atom. The zero-order chi connectivity index (χ0) is 33.9. The molecule has 0 spiro atoms. The Hall–Kier alpha value is -4.36. The van der Waals surface area contributed by atoms with E-state index in [1.807, 2.05) is 18.4 Å². The van der Waals surface area contributed by atoms with Crippen molar-refractivity contribution in [3.05, 3.63) is 101 Å². The van der Waals surface area contributed by atoms with Gasteiger partial charge in [0, 0.05) is 48.9 Å². The molecule has 0 N–H and O–H groups in total. The molecule has 0 saturated carbocycles. The van der Waals surface area contributed by atoms with Crippen molar-refractivity contribution < 1.29 is 35.4 Å². The molecule has 0 atom stereocenters. The summed E-state index contributed by atoms with van der Waals surface area (Å²) in [6, 6.07) is 15.3. The van der Waals surface area contributed by atoms with Gasteiger partial charge in [-0.15, -0.1) is 0 Å². The lowest BCUT2D eigenvalue weighted by Crippen LogP contribution is -2.39. The fraction of sp³-hybridized carbons (Fsp3) is 0.303. The van der Waals surface area contributed by atoms with Crippen molar-refractivity contribution in [2.45, 2.75) is 43.8 Å². The van der Waals surface area contributed by atoms with Gasteiger partial charge in [0.25, 0.3) is 11.8 Å². The van der Waals surface area contributed by atoms with E-state index in [2.05, 4.69) is 4.98 Å². The van der Waals surface area contributed by atoms with Gasteiger partial charge in [0.05, 0.1) is 28.8 Å². The minimum atomic E-state index is -4.67. The summed E-state index contributed by atoms with van der Waals surface area (Å²) < 4.78 is 73.4.